The third-order valence-corrected chi connectivity index (χ3v) is 5.22. The number of ether oxygens (including phenoxy) is 1. The molecule has 3 aromatic heterocycles. The first-order valence-electron chi connectivity index (χ1n) is 10.6. The maximum Gasteiger partial charge on any atom is 0.213 e. The number of piperidine rings is 1. The minimum absolute atomic E-state index is 0.123. The third kappa shape index (κ3) is 4.44. The second-order valence-corrected chi connectivity index (χ2v) is 7.83. The average Bonchev–Trinajstić information content (AvgIpc) is 3.16. The molecule has 0 spiro atoms. The molecular formula is C22H30N6O. The number of hydrogen-bond acceptors (Lipinski definition) is 6. The summed E-state index contributed by atoms with van der Waals surface area (Å²) in [5, 5.41) is 8.11. The van der Waals surface area contributed by atoms with Gasteiger partial charge in [0.1, 0.15) is 11.6 Å². The van der Waals surface area contributed by atoms with Crippen LogP contribution in [-0.2, 0) is 13.0 Å². The molecule has 1 fully saturated rings. The number of hydrogen-bond donors (Lipinski definition) is 1. The summed E-state index contributed by atoms with van der Waals surface area (Å²) < 4.78 is 7.54. The number of aromatic nitrogens is 4. The number of nitrogens with zero attached hydrogens (tertiary/aromatic N) is 5. The van der Waals surface area contributed by atoms with Crippen molar-refractivity contribution < 1.29 is 4.74 Å². The molecule has 0 aliphatic carbocycles. The van der Waals surface area contributed by atoms with Gasteiger partial charge in [-0.3, -0.25) is 0 Å². The fraction of sp³-hybridized carbons (Fsp3) is 0.500. The largest absolute Gasteiger partial charge is 0.475 e. The molecule has 1 N–H and O–H groups in total. The zero-order valence-corrected chi connectivity index (χ0v) is 17.6. The fourth-order valence-electron chi connectivity index (χ4n) is 3.68. The van der Waals surface area contributed by atoms with E-state index in [-0.39, 0.29) is 6.10 Å². The van der Waals surface area contributed by atoms with E-state index in [1.165, 1.54) is 24.8 Å². The predicted molar refractivity (Wildman–Crippen MR) is 116 cm³/mol. The second-order valence-electron chi connectivity index (χ2n) is 7.83. The van der Waals surface area contributed by atoms with Gasteiger partial charge < -0.3 is 15.0 Å². The minimum atomic E-state index is 0.123. The van der Waals surface area contributed by atoms with Gasteiger partial charge in [0.15, 0.2) is 5.65 Å². The monoisotopic (exact) mass is 394 g/mol. The number of nitrogens with one attached hydrogen (secondary N) is 1. The highest BCUT2D eigenvalue weighted by Gasteiger charge is 2.17. The molecule has 4 heterocycles. The Morgan fingerprint density at radius 3 is 2.66 bits per heavy atom. The first kappa shape index (κ1) is 19.5. The van der Waals surface area contributed by atoms with Crippen molar-refractivity contribution >= 4 is 17.3 Å². The molecule has 7 nitrogen and oxygen atoms in total. The van der Waals surface area contributed by atoms with Crippen LogP contribution in [0.15, 0.2) is 30.6 Å². The number of aryl methyl sites for hydroxylation is 1. The van der Waals surface area contributed by atoms with Gasteiger partial charge in [-0.15, -0.1) is 0 Å². The number of anilines is 2. The molecule has 0 atom stereocenters. The Morgan fingerprint density at radius 1 is 1.14 bits per heavy atom. The Kier molecular flexibility index (Phi) is 5.83. The maximum absolute atomic E-state index is 5.63. The second kappa shape index (κ2) is 8.68. The summed E-state index contributed by atoms with van der Waals surface area (Å²) in [5.74, 6) is 2.65. The van der Waals surface area contributed by atoms with Gasteiger partial charge in [-0.25, -0.2) is 9.97 Å². The SMILES string of the molecule is CCc1cnn2c(NCc3ccc(OC(C)C)nc3)cc(N3CCCCC3)nc12. The van der Waals surface area contributed by atoms with Crippen LogP contribution >= 0.6 is 0 Å². The van der Waals surface area contributed by atoms with Crippen LogP contribution in [0.4, 0.5) is 11.6 Å². The van der Waals surface area contributed by atoms with Gasteiger partial charge in [0.25, 0.3) is 0 Å². The van der Waals surface area contributed by atoms with E-state index in [1.54, 1.807) is 0 Å². The van der Waals surface area contributed by atoms with Gasteiger partial charge in [0, 0.05) is 43.5 Å². The van der Waals surface area contributed by atoms with Crippen LogP contribution in [-0.4, -0.2) is 38.8 Å². The van der Waals surface area contributed by atoms with Gasteiger partial charge in [0.2, 0.25) is 5.88 Å². The quantitative estimate of drug-likeness (QED) is 0.651. The van der Waals surface area contributed by atoms with Gasteiger partial charge in [0.05, 0.1) is 12.3 Å². The Morgan fingerprint density at radius 2 is 1.97 bits per heavy atom. The van der Waals surface area contributed by atoms with E-state index >= 15 is 0 Å². The molecule has 0 amide bonds. The molecule has 1 aliphatic rings. The van der Waals surface area contributed by atoms with Crippen LogP contribution in [0.1, 0.15) is 51.2 Å². The van der Waals surface area contributed by atoms with Gasteiger partial charge in [-0.05, 0) is 45.1 Å². The lowest BCUT2D eigenvalue weighted by Gasteiger charge is -2.28. The molecule has 1 aliphatic heterocycles. The average molecular weight is 395 g/mol. The molecular weight excluding hydrogens is 364 g/mol. The highest BCUT2D eigenvalue weighted by atomic mass is 16.5. The van der Waals surface area contributed by atoms with Crippen molar-refractivity contribution in [3.63, 3.8) is 0 Å². The highest BCUT2D eigenvalue weighted by Crippen LogP contribution is 2.25. The van der Waals surface area contributed by atoms with Crippen molar-refractivity contribution in [2.24, 2.45) is 0 Å². The number of fused-ring (bicyclic) bond motifs is 1. The maximum atomic E-state index is 5.63. The number of rotatable bonds is 7. The highest BCUT2D eigenvalue weighted by molar-refractivity contribution is 5.61. The summed E-state index contributed by atoms with van der Waals surface area (Å²) in [5.41, 5.74) is 3.20. The van der Waals surface area contributed by atoms with E-state index < -0.39 is 0 Å². The molecule has 4 rings (SSSR count). The first-order valence-corrected chi connectivity index (χ1v) is 10.6. The Labute approximate surface area is 172 Å². The van der Waals surface area contributed by atoms with Crippen LogP contribution in [0.25, 0.3) is 5.65 Å². The Balaban J connectivity index is 1.57. The molecule has 3 aromatic rings. The minimum Gasteiger partial charge on any atom is -0.475 e. The van der Waals surface area contributed by atoms with E-state index in [1.807, 2.05) is 42.9 Å². The molecule has 154 valence electrons. The normalized spacial score (nSPS) is 14.6. The van der Waals surface area contributed by atoms with Crippen molar-refractivity contribution in [2.75, 3.05) is 23.3 Å². The van der Waals surface area contributed by atoms with Gasteiger partial charge in [-0.1, -0.05) is 13.0 Å². The van der Waals surface area contributed by atoms with Crippen molar-refractivity contribution in [1.82, 2.24) is 19.6 Å². The van der Waals surface area contributed by atoms with Crippen LogP contribution in [0, 0.1) is 0 Å². The zero-order valence-electron chi connectivity index (χ0n) is 17.6. The molecule has 0 radical (unpaired) electrons. The van der Waals surface area contributed by atoms with Crippen LogP contribution in [0.2, 0.25) is 0 Å². The van der Waals surface area contributed by atoms with Crippen molar-refractivity contribution in [1.29, 1.82) is 0 Å². The standard InChI is InChI=1S/C22H30N6O/c1-4-18-15-25-28-19(12-20(26-22(18)28)27-10-6-5-7-11-27)23-13-17-8-9-21(24-14-17)29-16(2)3/h8-9,12,14-16,23H,4-7,10-11,13H2,1-3H3. The summed E-state index contributed by atoms with van der Waals surface area (Å²) in [6.07, 6.45) is 8.58. The van der Waals surface area contributed by atoms with E-state index in [2.05, 4.69) is 33.3 Å². The van der Waals surface area contributed by atoms with E-state index in [0.29, 0.717) is 12.4 Å². The summed E-state index contributed by atoms with van der Waals surface area (Å²) >= 11 is 0. The van der Waals surface area contributed by atoms with E-state index in [0.717, 1.165) is 42.4 Å². The Hall–Kier alpha value is -2.83. The smallest absolute Gasteiger partial charge is 0.213 e. The molecule has 1 saturated heterocycles. The lowest BCUT2D eigenvalue weighted by molar-refractivity contribution is 0.232. The van der Waals surface area contributed by atoms with Crippen molar-refractivity contribution in [2.45, 2.75) is 59.1 Å². The van der Waals surface area contributed by atoms with Gasteiger partial charge >= 0.3 is 0 Å². The van der Waals surface area contributed by atoms with E-state index in [4.69, 9.17) is 9.72 Å². The molecule has 0 saturated carbocycles. The Bertz CT molecular complexity index is 944. The summed E-state index contributed by atoms with van der Waals surface area (Å²) in [4.78, 5) is 11.7. The zero-order chi connectivity index (χ0) is 20.2. The van der Waals surface area contributed by atoms with E-state index in [9.17, 15) is 0 Å². The van der Waals surface area contributed by atoms with Crippen LogP contribution in [0.3, 0.4) is 0 Å². The van der Waals surface area contributed by atoms with Gasteiger partial charge in [-0.2, -0.15) is 9.61 Å². The lowest BCUT2D eigenvalue weighted by Crippen LogP contribution is -2.30. The van der Waals surface area contributed by atoms with Crippen LogP contribution < -0.4 is 15.0 Å². The lowest BCUT2D eigenvalue weighted by atomic mass is 10.1. The number of pyridine rings is 1. The van der Waals surface area contributed by atoms with Crippen molar-refractivity contribution in [3.8, 4) is 5.88 Å². The predicted octanol–water partition coefficient (Wildman–Crippen LogP) is 4.08. The van der Waals surface area contributed by atoms with Crippen LogP contribution in [0.5, 0.6) is 5.88 Å². The summed E-state index contributed by atoms with van der Waals surface area (Å²) in [7, 11) is 0. The first-order chi connectivity index (χ1) is 14.1. The molecule has 0 aromatic carbocycles. The molecule has 29 heavy (non-hydrogen) atoms. The summed E-state index contributed by atoms with van der Waals surface area (Å²) in [6, 6.07) is 6.08. The van der Waals surface area contributed by atoms with Crippen molar-refractivity contribution in [3.05, 3.63) is 41.7 Å². The fourth-order valence-corrected chi connectivity index (χ4v) is 3.68. The molecule has 7 heteroatoms. The summed E-state index contributed by atoms with van der Waals surface area (Å²) in [6.45, 7) is 8.94. The molecule has 0 unspecified atom stereocenters. The molecule has 0 bridgehead atoms. The topological polar surface area (TPSA) is 67.6 Å². The third-order valence-electron chi connectivity index (χ3n) is 5.22.